The van der Waals surface area contributed by atoms with Gasteiger partial charge in [-0.2, -0.15) is 0 Å². The summed E-state index contributed by atoms with van der Waals surface area (Å²) < 4.78 is 10.2. The Kier molecular flexibility index (Phi) is 7.37. The van der Waals surface area contributed by atoms with E-state index < -0.39 is 0 Å². The number of aromatic nitrogens is 3. The number of carbonyl (C=O) groups excluding carboxylic acids is 1. The van der Waals surface area contributed by atoms with Crippen LogP contribution in [-0.4, -0.2) is 38.4 Å². The molecule has 186 valence electrons. The number of rotatable bonds is 8. The van der Waals surface area contributed by atoms with Gasteiger partial charge in [0, 0.05) is 40.7 Å². The number of imidazole rings is 1. The Balaban J connectivity index is 1.42. The molecular formula is C29H30ClN3O2S. The maximum absolute atomic E-state index is 13.4. The molecule has 0 N–H and O–H groups in total. The number of carbonyl (C=O) groups is 1. The number of Topliss-reactive ketones (excluding diaryl/α,β-unsaturated/α-hetero) is 1. The number of benzene rings is 2. The van der Waals surface area contributed by atoms with Crippen LogP contribution in [-0.2, 0) is 11.3 Å². The zero-order valence-corrected chi connectivity index (χ0v) is 22.4. The second kappa shape index (κ2) is 10.7. The summed E-state index contributed by atoms with van der Waals surface area (Å²) in [6.07, 6.45) is 4.29. The normalized spacial score (nSPS) is 15.5. The van der Waals surface area contributed by atoms with Crippen molar-refractivity contribution in [1.82, 2.24) is 14.1 Å². The Morgan fingerprint density at radius 1 is 1.14 bits per heavy atom. The summed E-state index contributed by atoms with van der Waals surface area (Å²) in [7, 11) is 0. The van der Waals surface area contributed by atoms with Gasteiger partial charge >= 0.3 is 0 Å². The van der Waals surface area contributed by atoms with E-state index in [0.717, 1.165) is 70.6 Å². The van der Waals surface area contributed by atoms with Crippen LogP contribution in [0.2, 0.25) is 5.02 Å². The van der Waals surface area contributed by atoms with Gasteiger partial charge in [-0.25, -0.2) is 4.98 Å². The van der Waals surface area contributed by atoms with Crippen LogP contribution in [0.15, 0.2) is 66.0 Å². The molecule has 1 atom stereocenters. The van der Waals surface area contributed by atoms with Crippen molar-refractivity contribution < 1.29 is 9.53 Å². The topological polar surface area (TPSA) is 49.0 Å². The molecule has 0 unspecified atom stereocenters. The smallest absolute Gasteiger partial charge is 0.175 e. The molecule has 0 amide bonds. The van der Waals surface area contributed by atoms with Crippen LogP contribution in [0.25, 0.3) is 16.9 Å². The number of hydrogen-bond donors (Lipinski definition) is 0. The van der Waals surface area contributed by atoms with Crippen LogP contribution in [0.5, 0.6) is 0 Å². The highest BCUT2D eigenvalue weighted by Crippen LogP contribution is 2.32. The first kappa shape index (κ1) is 24.9. The highest BCUT2D eigenvalue weighted by Gasteiger charge is 2.22. The van der Waals surface area contributed by atoms with Gasteiger partial charge in [-0.15, -0.1) is 0 Å². The maximum Gasteiger partial charge on any atom is 0.175 e. The number of para-hydroxylation sites is 1. The molecule has 1 fully saturated rings. The van der Waals surface area contributed by atoms with Crippen LogP contribution in [0.3, 0.4) is 0 Å². The molecule has 4 aromatic rings. The Morgan fingerprint density at radius 3 is 2.64 bits per heavy atom. The summed E-state index contributed by atoms with van der Waals surface area (Å²) in [6.45, 7) is 7.82. The molecule has 2 aromatic heterocycles. The van der Waals surface area contributed by atoms with Gasteiger partial charge in [0.2, 0.25) is 0 Å². The third-order valence-corrected chi connectivity index (χ3v) is 8.05. The molecule has 2 aromatic carbocycles. The van der Waals surface area contributed by atoms with Crippen LogP contribution in [0.1, 0.15) is 40.2 Å². The molecule has 0 saturated carbocycles. The van der Waals surface area contributed by atoms with Crippen LogP contribution >= 0.6 is 23.4 Å². The fourth-order valence-electron chi connectivity index (χ4n) is 4.87. The fourth-order valence-corrected chi connectivity index (χ4v) is 5.87. The first-order valence-corrected chi connectivity index (χ1v) is 13.6. The molecule has 1 aliphatic rings. The molecule has 1 aliphatic heterocycles. The first-order valence-electron chi connectivity index (χ1n) is 12.3. The molecule has 0 spiro atoms. The molecule has 3 heterocycles. The lowest BCUT2D eigenvalue weighted by atomic mass is 10.1. The fraction of sp³-hybridized carbons (Fsp3) is 0.310. The number of thioether (sulfide) groups is 1. The Morgan fingerprint density at radius 2 is 1.92 bits per heavy atom. The highest BCUT2D eigenvalue weighted by molar-refractivity contribution is 7.99. The SMILES string of the molecule is Cc1ccccc1-n1c(-c2ccc(Cl)cc2)cnc1SCC(=O)c1cc(C)n(C[C@H]2CCCO2)c1C. The number of nitrogens with zero attached hydrogens (tertiary/aromatic N) is 3. The van der Waals surface area contributed by atoms with E-state index in [0.29, 0.717) is 10.8 Å². The van der Waals surface area contributed by atoms with Crippen molar-refractivity contribution in [3.05, 3.63) is 88.3 Å². The molecule has 0 radical (unpaired) electrons. The predicted octanol–water partition coefficient (Wildman–Crippen LogP) is 7.07. The summed E-state index contributed by atoms with van der Waals surface area (Å²) in [4.78, 5) is 18.1. The first-order chi connectivity index (χ1) is 17.4. The lowest BCUT2D eigenvalue weighted by Crippen LogP contribution is -2.17. The van der Waals surface area contributed by atoms with Crippen LogP contribution in [0.4, 0.5) is 0 Å². The molecule has 0 bridgehead atoms. The summed E-state index contributed by atoms with van der Waals surface area (Å²) in [5.74, 6) is 0.423. The van der Waals surface area contributed by atoms with E-state index in [9.17, 15) is 4.79 Å². The number of halogens is 1. The van der Waals surface area contributed by atoms with Gasteiger partial charge in [-0.05, 0) is 63.4 Å². The van der Waals surface area contributed by atoms with Gasteiger partial charge < -0.3 is 9.30 Å². The zero-order valence-electron chi connectivity index (χ0n) is 20.8. The lowest BCUT2D eigenvalue weighted by molar-refractivity contribution is 0.0957. The van der Waals surface area contributed by atoms with E-state index in [1.54, 1.807) is 0 Å². The van der Waals surface area contributed by atoms with Gasteiger partial charge in [0.05, 0.1) is 29.4 Å². The molecule has 1 saturated heterocycles. The summed E-state index contributed by atoms with van der Waals surface area (Å²) >= 11 is 7.60. The highest BCUT2D eigenvalue weighted by atomic mass is 35.5. The Labute approximate surface area is 221 Å². The maximum atomic E-state index is 13.4. The van der Waals surface area contributed by atoms with E-state index in [-0.39, 0.29) is 11.9 Å². The number of aryl methyl sites for hydroxylation is 2. The summed E-state index contributed by atoms with van der Waals surface area (Å²) in [5.41, 5.74) is 7.06. The second-order valence-corrected chi connectivity index (χ2v) is 10.7. The minimum Gasteiger partial charge on any atom is -0.376 e. The van der Waals surface area contributed by atoms with Crippen LogP contribution < -0.4 is 0 Å². The minimum atomic E-state index is 0.110. The van der Waals surface area contributed by atoms with Crippen molar-refractivity contribution in [2.75, 3.05) is 12.4 Å². The zero-order chi connectivity index (χ0) is 25.2. The Bertz CT molecular complexity index is 1380. The Hall–Kier alpha value is -2.80. The van der Waals surface area contributed by atoms with Crippen molar-refractivity contribution in [2.45, 2.75) is 51.4 Å². The molecule has 0 aliphatic carbocycles. The minimum absolute atomic E-state index is 0.110. The largest absolute Gasteiger partial charge is 0.376 e. The van der Waals surface area contributed by atoms with Gasteiger partial charge in [-0.1, -0.05) is 53.7 Å². The quantitative estimate of drug-likeness (QED) is 0.184. The van der Waals surface area contributed by atoms with Crippen LogP contribution in [0, 0.1) is 20.8 Å². The summed E-state index contributed by atoms with van der Waals surface area (Å²) in [5, 5.41) is 1.48. The van der Waals surface area contributed by atoms with E-state index in [1.165, 1.54) is 11.8 Å². The van der Waals surface area contributed by atoms with Crippen molar-refractivity contribution in [3.63, 3.8) is 0 Å². The average Bonchev–Trinajstić information content (AvgIpc) is 3.60. The summed E-state index contributed by atoms with van der Waals surface area (Å²) in [6, 6.07) is 18.0. The van der Waals surface area contributed by atoms with Gasteiger partial charge in [0.15, 0.2) is 10.9 Å². The third kappa shape index (κ3) is 5.03. The van der Waals surface area contributed by atoms with Gasteiger partial charge in [-0.3, -0.25) is 9.36 Å². The lowest BCUT2D eigenvalue weighted by Gasteiger charge is -2.15. The molecule has 36 heavy (non-hydrogen) atoms. The molecular weight excluding hydrogens is 490 g/mol. The van der Waals surface area contributed by atoms with Crippen molar-refractivity contribution in [1.29, 1.82) is 0 Å². The standard InChI is InChI=1S/C29H30ClN3O2S/c1-19-7-4-5-9-26(19)33-27(22-10-12-23(30)13-11-22)16-31-29(33)36-18-28(34)25-15-20(2)32(21(25)3)17-24-8-6-14-35-24/h4-5,7,9-13,15-16,24H,6,8,14,17-18H2,1-3H3/t24-/m1/s1. The predicted molar refractivity (Wildman–Crippen MR) is 147 cm³/mol. The number of hydrogen-bond acceptors (Lipinski definition) is 4. The molecule has 7 heteroatoms. The number of ether oxygens (including phenoxy) is 1. The second-order valence-electron chi connectivity index (χ2n) is 9.30. The van der Waals surface area contributed by atoms with E-state index in [2.05, 4.69) is 35.1 Å². The molecule has 5 rings (SSSR count). The van der Waals surface area contributed by atoms with Gasteiger partial charge in [0.25, 0.3) is 0 Å². The van der Waals surface area contributed by atoms with E-state index in [4.69, 9.17) is 21.3 Å². The number of ketones is 1. The van der Waals surface area contributed by atoms with E-state index >= 15 is 0 Å². The monoisotopic (exact) mass is 519 g/mol. The van der Waals surface area contributed by atoms with Gasteiger partial charge in [0.1, 0.15) is 0 Å². The third-order valence-electron chi connectivity index (χ3n) is 6.84. The van der Waals surface area contributed by atoms with Crippen molar-refractivity contribution >= 4 is 29.1 Å². The van der Waals surface area contributed by atoms with E-state index in [1.807, 2.05) is 55.6 Å². The van der Waals surface area contributed by atoms with Crippen molar-refractivity contribution in [3.8, 4) is 16.9 Å². The average molecular weight is 520 g/mol. The molecule has 5 nitrogen and oxygen atoms in total. The van der Waals surface area contributed by atoms with Crippen molar-refractivity contribution in [2.24, 2.45) is 0 Å².